The number of benzene rings is 1. The van der Waals surface area contributed by atoms with Gasteiger partial charge >= 0.3 is 0 Å². The number of hydrogen-bond acceptors (Lipinski definition) is 7. The van der Waals surface area contributed by atoms with Gasteiger partial charge < -0.3 is 14.6 Å². The first kappa shape index (κ1) is 17.4. The smallest absolute Gasteiger partial charge is 0.277 e. The minimum absolute atomic E-state index is 0.223. The number of imidazole rings is 1. The monoisotopic (exact) mass is 376 g/mol. The Kier molecular flexibility index (Phi) is 4.55. The molecular formula is C19H16N6O3. The number of hydrogen-bond donors (Lipinski definition) is 1. The highest BCUT2D eigenvalue weighted by Crippen LogP contribution is 2.23. The Labute approximate surface area is 160 Å². The van der Waals surface area contributed by atoms with E-state index in [1.165, 1.54) is 6.33 Å². The fraction of sp³-hybridized carbons (Fsp3) is 0.105. The molecule has 0 aliphatic heterocycles. The fourth-order valence-electron chi connectivity index (χ4n) is 2.53. The van der Waals surface area contributed by atoms with Crippen molar-refractivity contribution >= 4 is 11.6 Å². The van der Waals surface area contributed by atoms with Crippen LogP contribution in [-0.4, -0.2) is 30.6 Å². The molecule has 0 atom stereocenters. The summed E-state index contributed by atoms with van der Waals surface area (Å²) in [6.45, 7) is 3.61. The molecule has 140 valence electrons. The summed E-state index contributed by atoms with van der Waals surface area (Å²) >= 11 is 0. The Morgan fingerprint density at radius 3 is 2.61 bits per heavy atom. The standard InChI is InChI=1S/C19H16N6O3/c1-12-9-16(24-28-12)19(26)23-14-3-5-15(6-4-14)27-18-10-17(21-11-22-18)25-8-7-20-13(25)2/h3-11H,1-2H3,(H,23,26). The van der Waals surface area contributed by atoms with Crippen LogP contribution in [0.4, 0.5) is 5.69 Å². The van der Waals surface area contributed by atoms with Gasteiger partial charge in [0, 0.05) is 30.2 Å². The number of aromatic nitrogens is 5. The molecule has 0 unspecified atom stereocenters. The van der Waals surface area contributed by atoms with Gasteiger partial charge in [0.05, 0.1) is 0 Å². The van der Waals surface area contributed by atoms with Crippen molar-refractivity contribution in [2.24, 2.45) is 0 Å². The van der Waals surface area contributed by atoms with Gasteiger partial charge in [-0.3, -0.25) is 9.36 Å². The number of anilines is 1. The van der Waals surface area contributed by atoms with Gasteiger partial charge in [-0.15, -0.1) is 0 Å². The van der Waals surface area contributed by atoms with Crippen LogP contribution in [0.15, 0.2) is 59.6 Å². The minimum atomic E-state index is -0.346. The highest BCUT2D eigenvalue weighted by atomic mass is 16.5. The third-order valence-corrected chi connectivity index (χ3v) is 3.90. The first-order valence-electron chi connectivity index (χ1n) is 8.43. The fourth-order valence-corrected chi connectivity index (χ4v) is 2.53. The molecule has 9 nitrogen and oxygen atoms in total. The van der Waals surface area contributed by atoms with Crippen molar-refractivity contribution in [1.82, 2.24) is 24.7 Å². The number of amides is 1. The van der Waals surface area contributed by atoms with Crippen LogP contribution in [0.5, 0.6) is 11.6 Å². The third kappa shape index (κ3) is 3.73. The lowest BCUT2D eigenvalue weighted by atomic mass is 10.3. The molecule has 0 bridgehead atoms. The van der Waals surface area contributed by atoms with Crippen molar-refractivity contribution in [3.05, 3.63) is 72.4 Å². The molecule has 4 rings (SSSR count). The van der Waals surface area contributed by atoms with Crippen LogP contribution in [0.1, 0.15) is 22.1 Å². The van der Waals surface area contributed by atoms with Gasteiger partial charge in [-0.1, -0.05) is 5.16 Å². The Morgan fingerprint density at radius 1 is 1.11 bits per heavy atom. The van der Waals surface area contributed by atoms with E-state index in [2.05, 4.69) is 25.4 Å². The zero-order valence-electron chi connectivity index (χ0n) is 15.2. The van der Waals surface area contributed by atoms with Crippen LogP contribution in [-0.2, 0) is 0 Å². The molecular weight excluding hydrogens is 360 g/mol. The SMILES string of the molecule is Cc1cc(C(=O)Nc2ccc(Oc3cc(-n4ccnc4C)ncn3)cc2)no1. The Balaban J connectivity index is 1.45. The first-order chi connectivity index (χ1) is 13.6. The number of carbonyl (C=O) groups is 1. The van der Waals surface area contributed by atoms with E-state index in [-0.39, 0.29) is 11.6 Å². The summed E-state index contributed by atoms with van der Waals surface area (Å²) in [6.07, 6.45) is 4.94. The number of rotatable bonds is 5. The number of nitrogens with zero attached hydrogens (tertiary/aromatic N) is 5. The zero-order chi connectivity index (χ0) is 19.5. The average Bonchev–Trinajstić information content (AvgIpc) is 3.32. The van der Waals surface area contributed by atoms with Crippen LogP contribution < -0.4 is 10.1 Å². The summed E-state index contributed by atoms with van der Waals surface area (Å²) in [7, 11) is 0. The summed E-state index contributed by atoms with van der Waals surface area (Å²) in [5, 5.41) is 6.43. The Morgan fingerprint density at radius 2 is 1.93 bits per heavy atom. The van der Waals surface area contributed by atoms with Crippen LogP contribution in [0.25, 0.3) is 5.82 Å². The second-order valence-corrected chi connectivity index (χ2v) is 5.96. The summed E-state index contributed by atoms with van der Waals surface area (Å²) in [5.74, 6) is 2.67. The zero-order valence-corrected chi connectivity index (χ0v) is 15.2. The molecule has 0 aliphatic rings. The molecule has 3 aromatic heterocycles. The molecule has 1 amide bonds. The van der Waals surface area contributed by atoms with Gasteiger partial charge in [0.15, 0.2) is 5.69 Å². The highest BCUT2D eigenvalue weighted by Gasteiger charge is 2.11. The number of ether oxygens (including phenoxy) is 1. The quantitative estimate of drug-likeness (QED) is 0.569. The Bertz CT molecular complexity index is 1120. The van der Waals surface area contributed by atoms with Crippen molar-refractivity contribution in [3.63, 3.8) is 0 Å². The summed E-state index contributed by atoms with van der Waals surface area (Å²) < 4.78 is 12.5. The van der Waals surface area contributed by atoms with E-state index in [9.17, 15) is 4.79 Å². The molecule has 0 radical (unpaired) electrons. The molecule has 0 fully saturated rings. The number of nitrogens with one attached hydrogen (secondary N) is 1. The maximum atomic E-state index is 12.1. The predicted octanol–water partition coefficient (Wildman–Crippen LogP) is 3.31. The summed E-state index contributed by atoms with van der Waals surface area (Å²) in [5.41, 5.74) is 0.830. The van der Waals surface area contributed by atoms with Gasteiger partial charge in [0.25, 0.3) is 5.91 Å². The van der Waals surface area contributed by atoms with E-state index in [0.717, 1.165) is 5.82 Å². The molecule has 1 aromatic carbocycles. The maximum Gasteiger partial charge on any atom is 0.277 e. The van der Waals surface area contributed by atoms with Crippen LogP contribution in [0.2, 0.25) is 0 Å². The predicted molar refractivity (Wildman–Crippen MR) is 99.6 cm³/mol. The first-order valence-corrected chi connectivity index (χ1v) is 8.43. The van der Waals surface area contributed by atoms with Crippen molar-refractivity contribution < 1.29 is 14.1 Å². The molecule has 28 heavy (non-hydrogen) atoms. The van der Waals surface area contributed by atoms with Gasteiger partial charge in [-0.2, -0.15) is 0 Å². The Hall–Kier alpha value is -4.01. The molecule has 0 saturated heterocycles. The van der Waals surface area contributed by atoms with E-state index in [0.29, 0.717) is 28.9 Å². The second-order valence-electron chi connectivity index (χ2n) is 5.96. The number of aryl methyl sites for hydroxylation is 2. The second kappa shape index (κ2) is 7.31. The molecule has 9 heteroatoms. The molecule has 0 saturated carbocycles. The average molecular weight is 376 g/mol. The molecule has 0 spiro atoms. The van der Waals surface area contributed by atoms with Gasteiger partial charge in [-0.05, 0) is 38.1 Å². The normalized spacial score (nSPS) is 10.6. The van der Waals surface area contributed by atoms with Crippen LogP contribution >= 0.6 is 0 Å². The lowest BCUT2D eigenvalue weighted by Gasteiger charge is -2.08. The summed E-state index contributed by atoms with van der Waals surface area (Å²) in [6, 6.07) is 10.2. The molecule has 1 N–H and O–H groups in total. The van der Waals surface area contributed by atoms with Crippen molar-refractivity contribution in [2.45, 2.75) is 13.8 Å². The van der Waals surface area contributed by atoms with E-state index in [1.807, 2.05) is 17.7 Å². The van der Waals surface area contributed by atoms with E-state index in [4.69, 9.17) is 9.26 Å². The van der Waals surface area contributed by atoms with E-state index >= 15 is 0 Å². The summed E-state index contributed by atoms with van der Waals surface area (Å²) in [4.78, 5) is 24.6. The van der Waals surface area contributed by atoms with Crippen molar-refractivity contribution in [1.29, 1.82) is 0 Å². The highest BCUT2D eigenvalue weighted by molar-refractivity contribution is 6.02. The van der Waals surface area contributed by atoms with Gasteiger partial charge in [0.2, 0.25) is 5.88 Å². The minimum Gasteiger partial charge on any atom is -0.439 e. The van der Waals surface area contributed by atoms with Crippen molar-refractivity contribution in [3.8, 4) is 17.4 Å². The lowest BCUT2D eigenvalue weighted by Crippen LogP contribution is -2.11. The number of carbonyl (C=O) groups excluding carboxylic acids is 1. The van der Waals surface area contributed by atoms with Gasteiger partial charge in [0.1, 0.15) is 29.5 Å². The van der Waals surface area contributed by atoms with Gasteiger partial charge in [-0.25, -0.2) is 15.0 Å². The molecule has 0 aliphatic carbocycles. The lowest BCUT2D eigenvalue weighted by molar-refractivity contribution is 0.101. The van der Waals surface area contributed by atoms with Crippen LogP contribution in [0, 0.1) is 13.8 Å². The van der Waals surface area contributed by atoms with E-state index in [1.54, 1.807) is 49.5 Å². The molecule has 3 heterocycles. The van der Waals surface area contributed by atoms with Crippen LogP contribution in [0.3, 0.4) is 0 Å². The van der Waals surface area contributed by atoms with Crippen molar-refractivity contribution in [2.75, 3.05) is 5.32 Å². The topological polar surface area (TPSA) is 108 Å². The maximum absolute atomic E-state index is 12.1. The molecule has 4 aromatic rings. The largest absolute Gasteiger partial charge is 0.439 e. The third-order valence-electron chi connectivity index (χ3n) is 3.90. The van der Waals surface area contributed by atoms with E-state index < -0.39 is 0 Å².